The van der Waals surface area contributed by atoms with E-state index < -0.39 is 31.0 Å². The lowest BCUT2D eigenvalue weighted by atomic mass is 9.96. The van der Waals surface area contributed by atoms with Crippen molar-refractivity contribution in [2.75, 3.05) is 33.3 Å². The van der Waals surface area contributed by atoms with Gasteiger partial charge < -0.3 is 25.4 Å². The molecule has 1 saturated heterocycles. The van der Waals surface area contributed by atoms with Gasteiger partial charge in [-0.1, -0.05) is 6.92 Å². The van der Waals surface area contributed by atoms with Crippen LogP contribution in [0.3, 0.4) is 0 Å². The lowest BCUT2D eigenvalue weighted by Crippen LogP contribution is -2.53. The molecule has 3 N–H and O–H groups in total. The van der Waals surface area contributed by atoms with Crippen molar-refractivity contribution < 1.29 is 24.2 Å². The monoisotopic (exact) mass is 287 g/mol. The highest BCUT2D eigenvalue weighted by Gasteiger charge is 2.32. The molecule has 20 heavy (non-hydrogen) atoms. The molecule has 1 rings (SSSR count). The first kappa shape index (κ1) is 16.2. The highest BCUT2D eigenvalue weighted by Crippen LogP contribution is 2.20. The summed E-state index contributed by atoms with van der Waals surface area (Å²) in [6.45, 7) is 1.97. The number of likely N-dealkylation sites (tertiary alicyclic amines) is 1. The number of carboxylic acid groups (broad SMARTS) is 1. The summed E-state index contributed by atoms with van der Waals surface area (Å²) in [4.78, 5) is 36.4. The first-order valence-electron chi connectivity index (χ1n) is 6.42. The zero-order valence-electron chi connectivity index (χ0n) is 11.7. The fourth-order valence-electron chi connectivity index (χ4n) is 2.26. The van der Waals surface area contributed by atoms with Crippen LogP contribution < -0.4 is 5.73 Å². The standard InChI is InChI=1S/C12H21N3O5/c1-8-3-4-14(5-9(8)20-2)12(19)15(6-10(13)16)7-11(17)18/h8-9H,3-7H2,1-2H3,(H2,13,16)(H,17,18). The number of primary amides is 1. The predicted octanol–water partition coefficient (Wildman–Crippen LogP) is -0.665. The van der Waals surface area contributed by atoms with Gasteiger partial charge in [0.15, 0.2) is 0 Å². The molecule has 0 bridgehead atoms. The van der Waals surface area contributed by atoms with E-state index in [1.165, 1.54) is 4.90 Å². The van der Waals surface area contributed by atoms with E-state index in [0.717, 1.165) is 11.3 Å². The van der Waals surface area contributed by atoms with Gasteiger partial charge in [-0.25, -0.2) is 4.79 Å². The van der Waals surface area contributed by atoms with Crippen molar-refractivity contribution in [3.63, 3.8) is 0 Å². The van der Waals surface area contributed by atoms with Crippen molar-refractivity contribution in [2.24, 2.45) is 11.7 Å². The number of piperidine rings is 1. The van der Waals surface area contributed by atoms with Crippen LogP contribution in [-0.2, 0) is 14.3 Å². The molecule has 3 amide bonds. The number of aliphatic carboxylic acids is 1. The summed E-state index contributed by atoms with van der Waals surface area (Å²) in [5, 5.41) is 8.80. The number of hydrogen-bond acceptors (Lipinski definition) is 4. The van der Waals surface area contributed by atoms with E-state index >= 15 is 0 Å². The average Bonchev–Trinajstić information content (AvgIpc) is 2.36. The molecule has 0 aromatic carbocycles. The average molecular weight is 287 g/mol. The quantitative estimate of drug-likeness (QED) is 0.696. The lowest BCUT2D eigenvalue weighted by molar-refractivity contribution is -0.138. The fourth-order valence-corrected chi connectivity index (χ4v) is 2.26. The molecule has 2 unspecified atom stereocenters. The van der Waals surface area contributed by atoms with Gasteiger partial charge in [0.1, 0.15) is 13.1 Å². The summed E-state index contributed by atoms with van der Waals surface area (Å²) in [6, 6.07) is -0.500. The minimum absolute atomic E-state index is 0.0899. The largest absolute Gasteiger partial charge is 0.480 e. The molecule has 0 aromatic rings. The smallest absolute Gasteiger partial charge is 0.323 e. The van der Waals surface area contributed by atoms with Gasteiger partial charge in [0.05, 0.1) is 6.10 Å². The summed E-state index contributed by atoms with van der Waals surface area (Å²) < 4.78 is 5.31. The number of urea groups is 1. The highest BCUT2D eigenvalue weighted by molar-refractivity contribution is 5.86. The number of nitrogens with two attached hydrogens (primary N) is 1. The van der Waals surface area contributed by atoms with E-state index in [-0.39, 0.29) is 6.10 Å². The van der Waals surface area contributed by atoms with Crippen molar-refractivity contribution in [3.8, 4) is 0 Å². The number of carboxylic acids is 1. The normalized spacial score (nSPS) is 22.4. The fraction of sp³-hybridized carbons (Fsp3) is 0.750. The topological polar surface area (TPSA) is 113 Å². The molecule has 114 valence electrons. The molecule has 1 aliphatic rings. The number of amides is 3. The van der Waals surface area contributed by atoms with Crippen LogP contribution in [0.4, 0.5) is 4.79 Å². The Kier molecular flexibility index (Phi) is 5.75. The van der Waals surface area contributed by atoms with Crippen molar-refractivity contribution in [1.82, 2.24) is 9.80 Å². The maximum absolute atomic E-state index is 12.3. The first-order valence-corrected chi connectivity index (χ1v) is 6.42. The van der Waals surface area contributed by atoms with E-state index in [9.17, 15) is 14.4 Å². The SMILES string of the molecule is COC1CN(C(=O)N(CC(N)=O)CC(=O)O)CCC1C. The molecule has 0 aromatic heterocycles. The Morgan fingerprint density at radius 2 is 2.05 bits per heavy atom. The Balaban J connectivity index is 2.73. The summed E-state index contributed by atoms with van der Waals surface area (Å²) >= 11 is 0. The zero-order chi connectivity index (χ0) is 15.3. The number of methoxy groups -OCH3 is 1. The molecular formula is C12H21N3O5. The van der Waals surface area contributed by atoms with Gasteiger partial charge in [0, 0.05) is 20.2 Å². The molecule has 1 aliphatic heterocycles. The van der Waals surface area contributed by atoms with Gasteiger partial charge in [-0.3, -0.25) is 9.59 Å². The minimum atomic E-state index is -1.19. The van der Waals surface area contributed by atoms with Gasteiger partial charge in [0.25, 0.3) is 0 Å². The van der Waals surface area contributed by atoms with Gasteiger partial charge in [-0.15, -0.1) is 0 Å². The van der Waals surface area contributed by atoms with E-state index in [1.54, 1.807) is 7.11 Å². The van der Waals surface area contributed by atoms with Crippen molar-refractivity contribution in [1.29, 1.82) is 0 Å². The third-order valence-corrected chi connectivity index (χ3v) is 3.41. The molecule has 8 heteroatoms. The molecule has 0 radical (unpaired) electrons. The Morgan fingerprint density at radius 1 is 1.40 bits per heavy atom. The van der Waals surface area contributed by atoms with Gasteiger partial charge >= 0.3 is 12.0 Å². The Bertz CT molecular complexity index is 371. The van der Waals surface area contributed by atoms with Crippen LogP contribution in [0.5, 0.6) is 0 Å². The third-order valence-electron chi connectivity index (χ3n) is 3.41. The maximum atomic E-state index is 12.3. The molecular weight excluding hydrogens is 266 g/mol. The van der Waals surface area contributed by atoms with Gasteiger partial charge in [-0.05, 0) is 12.3 Å². The summed E-state index contributed by atoms with van der Waals surface area (Å²) in [7, 11) is 1.58. The van der Waals surface area contributed by atoms with Crippen LogP contribution in [0.25, 0.3) is 0 Å². The second kappa shape index (κ2) is 7.09. The number of ether oxygens (including phenoxy) is 1. The zero-order valence-corrected chi connectivity index (χ0v) is 11.7. The second-order valence-electron chi connectivity index (χ2n) is 4.98. The van der Waals surface area contributed by atoms with Crippen LogP contribution >= 0.6 is 0 Å². The van der Waals surface area contributed by atoms with Crippen molar-refractivity contribution in [3.05, 3.63) is 0 Å². The van der Waals surface area contributed by atoms with Crippen molar-refractivity contribution >= 4 is 17.9 Å². The molecule has 1 heterocycles. The molecule has 2 atom stereocenters. The Morgan fingerprint density at radius 3 is 2.55 bits per heavy atom. The number of hydrogen-bond donors (Lipinski definition) is 2. The van der Waals surface area contributed by atoms with Gasteiger partial charge in [0.2, 0.25) is 5.91 Å². The van der Waals surface area contributed by atoms with Gasteiger partial charge in [-0.2, -0.15) is 0 Å². The number of carbonyl (C=O) groups excluding carboxylic acids is 2. The lowest BCUT2D eigenvalue weighted by Gasteiger charge is -2.38. The van der Waals surface area contributed by atoms with Crippen LogP contribution in [0.1, 0.15) is 13.3 Å². The van der Waals surface area contributed by atoms with Crippen LogP contribution in [0, 0.1) is 5.92 Å². The number of nitrogens with zero attached hydrogens (tertiary/aromatic N) is 2. The predicted molar refractivity (Wildman–Crippen MR) is 70.0 cm³/mol. The van der Waals surface area contributed by atoms with Crippen molar-refractivity contribution in [2.45, 2.75) is 19.4 Å². The minimum Gasteiger partial charge on any atom is -0.480 e. The highest BCUT2D eigenvalue weighted by atomic mass is 16.5. The number of rotatable bonds is 5. The van der Waals surface area contributed by atoms with E-state index in [1.807, 2.05) is 6.92 Å². The van der Waals surface area contributed by atoms with Crippen LogP contribution in [0.2, 0.25) is 0 Å². The van der Waals surface area contributed by atoms with Crippen LogP contribution in [0.15, 0.2) is 0 Å². The Labute approximate surface area is 117 Å². The molecule has 0 saturated carbocycles. The van der Waals surface area contributed by atoms with E-state index in [0.29, 0.717) is 19.0 Å². The summed E-state index contributed by atoms with van der Waals surface area (Å²) in [5.41, 5.74) is 5.04. The molecule has 0 aliphatic carbocycles. The van der Waals surface area contributed by atoms with Crippen LogP contribution in [-0.4, -0.2) is 72.2 Å². The first-order chi connectivity index (χ1) is 9.35. The second-order valence-corrected chi connectivity index (χ2v) is 4.98. The van der Waals surface area contributed by atoms with E-state index in [2.05, 4.69) is 0 Å². The molecule has 8 nitrogen and oxygen atoms in total. The molecule has 0 spiro atoms. The summed E-state index contributed by atoms with van der Waals surface area (Å²) in [6.07, 6.45) is 0.676. The molecule has 1 fully saturated rings. The van der Waals surface area contributed by atoms with E-state index in [4.69, 9.17) is 15.6 Å². The third kappa shape index (κ3) is 4.37. The Hall–Kier alpha value is -1.83. The summed E-state index contributed by atoms with van der Waals surface area (Å²) in [5.74, 6) is -1.60. The maximum Gasteiger partial charge on any atom is 0.323 e. The number of carbonyl (C=O) groups is 3.